The van der Waals surface area contributed by atoms with E-state index in [1.54, 1.807) is 13.4 Å². The minimum atomic E-state index is -5.08. The number of carboxylic acid groups (broad SMARTS) is 1. The van der Waals surface area contributed by atoms with Gasteiger partial charge in [-0.05, 0) is 67.9 Å². The lowest BCUT2D eigenvalue weighted by Gasteiger charge is -2.29. The first kappa shape index (κ1) is 25.2. The summed E-state index contributed by atoms with van der Waals surface area (Å²) < 4.78 is 44.5. The van der Waals surface area contributed by atoms with Gasteiger partial charge in [0.2, 0.25) is 0 Å². The fourth-order valence-corrected chi connectivity index (χ4v) is 4.02. The summed E-state index contributed by atoms with van der Waals surface area (Å²) in [5.74, 6) is 0.475. The number of likely N-dealkylation sites (tertiary alicyclic amines) is 1. The minimum absolute atomic E-state index is 0.406. The smallest absolute Gasteiger partial charge is 0.490 e. The summed E-state index contributed by atoms with van der Waals surface area (Å²) in [6.07, 6.45) is 0.843. The SMILES string of the molecule is COc1cccc(-c2ccc3nc(C4CCN(Cc5ccco5)CC4)nn3c2)c1.O=C(O)C(F)(F)F. The molecule has 11 heteroatoms. The van der Waals surface area contributed by atoms with Crippen molar-refractivity contribution in [3.8, 4) is 16.9 Å². The van der Waals surface area contributed by atoms with Gasteiger partial charge in [-0.1, -0.05) is 12.1 Å². The van der Waals surface area contributed by atoms with Gasteiger partial charge in [-0.25, -0.2) is 14.3 Å². The Balaban J connectivity index is 0.000000384. The highest BCUT2D eigenvalue weighted by molar-refractivity contribution is 5.73. The number of alkyl halides is 3. The second-order valence-corrected chi connectivity index (χ2v) is 8.36. The highest BCUT2D eigenvalue weighted by Gasteiger charge is 2.38. The lowest BCUT2D eigenvalue weighted by molar-refractivity contribution is -0.192. The summed E-state index contributed by atoms with van der Waals surface area (Å²) in [5, 5.41) is 11.9. The predicted molar refractivity (Wildman–Crippen MR) is 125 cm³/mol. The van der Waals surface area contributed by atoms with E-state index in [1.165, 1.54) is 0 Å². The quantitative estimate of drug-likeness (QED) is 0.410. The normalized spacial score (nSPS) is 14.9. The lowest BCUT2D eigenvalue weighted by atomic mass is 9.96. The van der Waals surface area contributed by atoms with Crippen molar-refractivity contribution >= 4 is 11.6 Å². The van der Waals surface area contributed by atoms with Crippen LogP contribution in [0.2, 0.25) is 0 Å². The van der Waals surface area contributed by atoms with Crippen LogP contribution in [-0.2, 0) is 11.3 Å². The molecular formula is C25H25F3N4O4. The van der Waals surface area contributed by atoms with Gasteiger partial charge in [0.05, 0.1) is 19.9 Å². The Bertz CT molecular complexity index is 1300. The van der Waals surface area contributed by atoms with Crippen molar-refractivity contribution in [2.75, 3.05) is 20.2 Å². The number of carbonyl (C=O) groups is 1. The fourth-order valence-electron chi connectivity index (χ4n) is 4.02. The molecule has 0 spiro atoms. The van der Waals surface area contributed by atoms with E-state index < -0.39 is 12.1 Å². The molecular weight excluding hydrogens is 477 g/mol. The van der Waals surface area contributed by atoms with E-state index in [-0.39, 0.29) is 0 Å². The topological polar surface area (TPSA) is 93.1 Å². The summed E-state index contributed by atoms with van der Waals surface area (Å²) >= 11 is 0. The molecule has 1 aliphatic heterocycles. The summed E-state index contributed by atoms with van der Waals surface area (Å²) in [7, 11) is 1.69. The molecule has 190 valence electrons. The monoisotopic (exact) mass is 502 g/mol. The van der Waals surface area contributed by atoms with Crippen LogP contribution in [0.3, 0.4) is 0 Å². The Labute approximate surface area is 204 Å². The van der Waals surface area contributed by atoms with Crippen LogP contribution in [0.1, 0.15) is 30.3 Å². The lowest BCUT2D eigenvalue weighted by Crippen LogP contribution is -2.32. The maximum atomic E-state index is 10.6. The van der Waals surface area contributed by atoms with Crippen LogP contribution in [0.5, 0.6) is 5.75 Å². The molecule has 5 rings (SSSR count). The number of methoxy groups -OCH3 is 1. The third kappa shape index (κ3) is 6.22. The molecule has 0 atom stereocenters. The first-order chi connectivity index (χ1) is 17.2. The molecule has 0 aliphatic carbocycles. The van der Waals surface area contributed by atoms with Gasteiger partial charge in [0.25, 0.3) is 0 Å². The number of ether oxygens (including phenoxy) is 1. The average molecular weight is 502 g/mol. The number of piperidine rings is 1. The Kier molecular flexibility index (Phi) is 7.58. The molecule has 1 saturated heterocycles. The second kappa shape index (κ2) is 10.8. The van der Waals surface area contributed by atoms with Crippen LogP contribution in [0.15, 0.2) is 65.4 Å². The number of hydrogen-bond donors (Lipinski definition) is 1. The molecule has 1 aliphatic rings. The molecule has 1 N–H and O–H groups in total. The maximum absolute atomic E-state index is 10.6. The molecule has 0 saturated carbocycles. The molecule has 8 nitrogen and oxygen atoms in total. The zero-order valence-corrected chi connectivity index (χ0v) is 19.5. The number of halogens is 3. The number of aliphatic carboxylic acids is 1. The number of aromatic nitrogens is 3. The van der Waals surface area contributed by atoms with Crippen molar-refractivity contribution < 1.29 is 32.2 Å². The maximum Gasteiger partial charge on any atom is 0.490 e. The van der Waals surface area contributed by atoms with Crippen molar-refractivity contribution in [1.29, 1.82) is 0 Å². The van der Waals surface area contributed by atoms with Crippen molar-refractivity contribution in [3.63, 3.8) is 0 Å². The molecule has 1 aromatic carbocycles. The first-order valence-electron chi connectivity index (χ1n) is 11.3. The molecule has 0 bridgehead atoms. The summed E-state index contributed by atoms with van der Waals surface area (Å²) in [5.41, 5.74) is 3.10. The number of nitrogens with zero attached hydrogens (tertiary/aromatic N) is 4. The highest BCUT2D eigenvalue weighted by atomic mass is 19.4. The van der Waals surface area contributed by atoms with E-state index in [0.29, 0.717) is 5.92 Å². The molecule has 0 unspecified atom stereocenters. The molecule has 4 heterocycles. The Morgan fingerprint density at radius 3 is 2.53 bits per heavy atom. The van der Waals surface area contributed by atoms with Gasteiger partial charge in [0.1, 0.15) is 11.5 Å². The van der Waals surface area contributed by atoms with Crippen molar-refractivity contribution in [3.05, 3.63) is 72.6 Å². The zero-order chi connectivity index (χ0) is 25.7. The number of pyridine rings is 1. The number of rotatable bonds is 5. The van der Waals surface area contributed by atoms with Gasteiger partial charge in [-0.15, -0.1) is 0 Å². The number of benzene rings is 1. The van der Waals surface area contributed by atoms with E-state index in [2.05, 4.69) is 17.0 Å². The van der Waals surface area contributed by atoms with Gasteiger partial charge < -0.3 is 14.3 Å². The zero-order valence-electron chi connectivity index (χ0n) is 19.5. The van der Waals surface area contributed by atoms with Gasteiger partial charge in [-0.2, -0.15) is 18.3 Å². The summed E-state index contributed by atoms with van der Waals surface area (Å²) in [6, 6.07) is 16.2. The van der Waals surface area contributed by atoms with Gasteiger partial charge >= 0.3 is 12.1 Å². The van der Waals surface area contributed by atoms with Gasteiger partial charge in [0.15, 0.2) is 11.5 Å². The van der Waals surface area contributed by atoms with E-state index in [9.17, 15) is 13.2 Å². The Morgan fingerprint density at radius 2 is 1.89 bits per heavy atom. The van der Waals surface area contributed by atoms with E-state index in [0.717, 1.165) is 66.6 Å². The Hall–Kier alpha value is -3.86. The van der Waals surface area contributed by atoms with E-state index in [4.69, 9.17) is 29.1 Å². The summed E-state index contributed by atoms with van der Waals surface area (Å²) in [4.78, 5) is 16.1. The van der Waals surface area contributed by atoms with Gasteiger partial charge in [-0.3, -0.25) is 4.90 Å². The van der Waals surface area contributed by atoms with Crippen molar-refractivity contribution in [2.45, 2.75) is 31.5 Å². The number of furan rings is 1. The molecule has 3 aromatic heterocycles. The van der Waals surface area contributed by atoms with Crippen LogP contribution in [-0.4, -0.2) is 56.9 Å². The molecule has 0 radical (unpaired) electrons. The minimum Gasteiger partial charge on any atom is -0.497 e. The number of hydrogen-bond acceptors (Lipinski definition) is 6. The van der Waals surface area contributed by atoms with Crippen LogP contribution >= 0.6 is 0 Å². The van der Waals surface area contributed by atoms with E-state index >= 15 is 0 Å². The number of carboxylic acids is 1. The fraction of sp³-hybridized carbons (Fsp3) is 0.320. The summed E-state index contributed by atoms with van der Waals surface area (Å²) in [6.45, 7) is 2.95. The van der Waals surface area contributed by atoms with Crippen LogP contribution in [0.4, 0.5) is 13.2 Å². The largest absolute Gasteiger partial charge is 0.497 e. The Morgan fingerprint density at radius 1 is 1.14 bits per heavy atom. The highest BCUT2D eigenvalue weighted by Crippen LogP contribution is 2.28. The van der Waals surface area contributed by atoms with Crippen LogP contribution in [0.25, 0.3) is 16.8 Å². The van der Waals surface area contributed by atoms with E-state index in [1.807, 2.05) is 47.1 Å². The van der Waals surface area contributed by atoms with Crippen LogP contribution in [0, 0.1) is 0 Å². The molecule has 0 amide bonds. The third-order valence-corrected chi connectivity index (χ3v) is 5.91. The average Bonchev–Trinajstić information content (AvgIpc) is 3.54. The molecule has 36 heavy (non-hydrogen) atoms. The first-order valence-corrected chi connectivity index (χ1v) is 11.3. The predicted octanol–water partition coefficient (Wildman–Crippen LogP) is 5.01. The standard InChI is InChI=1S/C23H24N4O2.C2HF3O2/c1-28-20-5-2-4-18(14-20)19-7-8-22-24-23(25-27(22)15-19)17-9-11-26(12-10-17)16-21-6-3-13-29-21;3-2(4,5)1(6)7/h2-8,13-15,17H,9-12,16H2,1H3;(H,6,7). The third-order valence-electron chi connectivity index (χ3n) is 5.91. The van der Waals surface area contributed by atoms with Crippen molar-refractivity contribution in [2.24, 2.45) is 0 Å². The second-order valence-electron chi connectivity index (χ2n) is 8.36. The van der Waals surface area contributed by atoms with Crippen molar-refractivity contribution in [1.82, 2.24) is 19.5 Å². The van der Waals surface area contributed by atoms with Gasteiger partial charge in [0, 0.05) is 17.7 Å². The van der Waals surface area contributed by atoms with Crippen LogP contribution < -0.4 is 4.74 Å². The number of fused-ring (bicyclic) bond motifs is 1. The molecule has 4 aromatic rings. The molecule has 1 fully saturated rings.